The molecule has 1 fully saturated rings. The Kier molecular flexibility index (Phi) is 3.56. The van der Waals surface area contributed by atoms with Gasteiger partial charge in [-0.05, 0) is 42.5 Å². The van der Waals surface area contributed by atoms with Gasteiger partial charge in [-0.25, -0.2) is 14.4 Å². The number of carbonyl (C=O) groups is 1. The summed E-state index contributed by atoms with van der Waals surface area (Å²) in [6.45, 7) is 1.95. The molecule has 1 amide bonds. The van der Waals surface area contributed by atoms with Gasteiger partial charge in [-0.15, -0.1) is 0 Å². The number of hydrogen-bond acceptors (Lipinski definition) is 5. The molecule has 2 atom stereocenters. The van der Waals surface area contributed by atoms with E-state index < -0.39 is 12.1 Å². The summed E-state index contributed by atoms with van der Waals surface area (Å²) in [6, 6.07) is 5.49. The molecule has 1 aliphatic rings. The number of nitrogen functional groups attached to an aromatic ring is 1. The van der Waals surface area contributed by atoms with Crippen LogP contribution in [0.2, 0.25) is 0 Å². The van der Waals surface area contributed by atoms with E-state index in [1.807, 2.05) is 19.1 Å². The third-order valence-corrected chi connectivity index (χ3v) is 4.34. The maximum absolute atomic E-state index is 13.0. The lowest BCUT2D eigenvalue weighted by atomic mass is 10.1. The first-order valence-electron chi connectivity index (χ1n) is 7.95. The molecule has 126 valence electrons. The molecule has 0 spiro atoms. The van der Waals surface area contributed by atoms with Crippen molar-refractivity contribution in [3.8, 4) is 11.3 Å². The van der Waals surface area contributed by atoms with E-state index in [-0.39, 0.29) is 12.3 Å². The van der Waals surface area contributed by atoms with Crippen molar-refractivity contribution in [2.45, 2.75) is 19.5 Å². The van der Waals surface area contributed by atoms with E-state index in [0.717, 1.165) is 22.2 Å². The zero-order chi connectivity index (χ0) is 17.6. The van der Waals surface area contributed by atoms with Crippen LogP contribution in [0.4, 0.5) is 16.0 Å². The van der Waals surface area contributed by atoms with Crippen molar-refractivity contribution >= 4 is 28.3 Å². The van der Waals surface area contributed by atoms with Gasteiger partial charge in [0.15, 0.2) is 0 Å². The van der Waals surface area contributed by atoms with Gasteiger partial charge in [0.1, 0.15) is 17.8 Å². The van der Waals surface area contributed by atoms with Gasteiger partial charge in [0.05, 0.1) is 11.6 Å². The van der Waals surface area contributed by atoms with Crippen molar-refractivity contribution < 1.29 is 9.18 Å². The maximum Gasteiger partial charge on any atom is 0.231 e. The van der Waals surface area contributed by atoms with Crippen LogP contribution in [0.1, 0.15) is 12.0 Å². The van der Waals surface area contributed by atoms with Gasteiger partial charge >= 0.3 is 0 Å². The molecule has 1 saturated carbocycles. The molecule has 3 aromatic heterocycles. The quantitative estimate of drug-likeness (QED) is 0.766. The van der Waals surface area contributed by atoms with Crippen molar-refractivity contribution in [1.29, 1.82) is 0 Å². The molecular weight excluding hydrogens is 321 g/mol. The summed E-state index contributed by atoms with van der Waals surface area (Å²) < 4.78 is 13.0. The highest BCUT2D eigenvalue weighted by Crippen LogP contribution is 2.35. The molecule has 6 nitrogen and oxygen atoms in total. The van der Waals surface area contributed by atoms with Gasteiger partial charge < -0.3 is 11.1 Å². The molecule has 0 aliphatic heterocycles. The molecule has 0 radical (unpaired) electrons. The largest absolute Gasteiger partial charge is 0.383 e. The van der Waals surface area contributed by atoms with E-state index in [9.17, 15) is 9.18 Å². The number of nitrogens with two attached hydrogens (primary N) is 1. The number of amides is 1. The zero-order valence-corrected chi connectivity index (χ0v) is 13.5. The highest BCUT2D eigenvalue weighted by atomic mass is 19.1. The molecule has 3 aromatic rings. The van der Waals surface area contributed by atoms with Crippen LogP contribution < -0.4 is 11.1 Å². The van der Waals surface area contributed by atoms with E-state index in [1.165, 1.54) is 0 Å². The highest BCUT2D eigenvalue weighted by Gasteiger charge is 2.43. The van der Waals surface area contributed by atoms with E-state index >= 15 is 0 Å². The van der Waals surface area contributed by atoms with Gasteiger partial charge in [0, 0.05) is 29.5 Å². The number of carbonyl (C=O) groups excluding carboxylic acids is 1. The average Bonchev–Trinajstić information content (AvgIpc) is 3.32. The lowest BCUT2D eigenvalue weighted by Crippen LogP contribution is -2.15. The molecule has 7 heteroatoms. The Hall–Kier alpha value is -3.09. The Morgan fingerprint density at radius 2 is 2.16 bits per heavy atom. The fourth-order valence-electron chi connectivity index (χ4n) is 2.80. The van der Waals surface area contributed by atoms with Crippen molar-refractivity contribution in [3.05, 3.63) is 42.4 Å². The number of nitrogens with one attached hydrogen (secondary N) is 1. The fourth-order valence-corrected chi connectivity index (χ4v) is 2.80. The molecule has 3 N–H and O–H groups in total. The number of fused-ring (bicyclic) bond motifs is 1. The number of halogens is 1. The molecule has 0 unspecified atom stereocenters. The summed E-state index contributed by atoms with van der Waals surface area (Å²) in [5.74, 6) is -0.165. The SMILES string of the molecule is Cc1cnccc1-c1cc2cc(NC(=O)[C@@H]3C[C@@H]3F)ncc2c(N)n1. The number of aryl methyl sites for hydroxylation is 1. The van der Waals surface area contributed by atoms with E-state index in [2.05, 4.69) is 20.3 Å². The van der Waals surface area contributed by atoms with Gasteiger partial charge in [-0.2, -0.15) is 0 Å². The van der Waals surface area contributed by atoms with Crippen LogP contribution in [0.3, 0.4) is 0 Å². The summed E-state index contributed by atoms with van der Waals surface area (Å²) in [4.78, 5) is 24.6. The second-order valence-corrected chi connectivity index (χ2v) is 6.22. The summed E-state index contributed by atoms with van der Waals surface area (Å²) in [5.41, 5.74) is 8.71. The van der Waals surface area contributed by atoms with Crippen LogP contribution in [0.15, 0.2) is 36.8 Å². The first-order chi connectivity index (χ1) is 12.0. The van der Waals surface area contributed by atoms with Gasteiger partial charge in [0.25, 0.3) is 0 Å². The topological polar surface area (TPSA) is 93.8 Å². The smallest absolute Gasteiger partial charge is 0.231 e. The van der Waals surface area contributed by atoms with Crippen molar-refractivity contribution in [2.75, 3.05) is 11.1 Å². The minimum Gasteiger partial charge on any atom is -0.383 e. The predicted octanol–water partition coefficient (Wildman–Crippen LogP) is 2.88. The fraction of sp³-hybridized carbons (Fsp3) is 0.222. The van der Waals surface area contributed by atoms with Crippen LogP contribution >= 0.6 is 0 Å². The Morgan fingerprint density at radius 1 is 1.36 bits per heavy atom. The average molecular weight is 337 g/mol. The number of pyridine rings is 3. The number of rotatable bonds is 3. The second-order valence-electron chi connectivity index (χ2n) is 6.22. The molecule has 4 rings (SSSR count). The van der Waals surface area contributed by atoms with Crippen LogP contribution in [0, 0.1) is 12.8 Å². The Bertz CT molecular complexity index is 990. The Morgan fingerprint density at radius 3 is 2.88 bits per heavy atom. The highest BCUT2D eigenvalue weighted by molar-refractivity contribution is 5.98. The van der Waals surface area contributed by atoms with Gasteiger partial charge in [0.2, 0.25) is 5.91 Å². The predicted molar refractivity (Wildman–Crippen MR) is 93.6 cm³/mol. The van der Waals surface area contributed by atoms with Crippen LogP contribution in [0.5, 0.6) is 0 Å². The maximum atomic E-state index is 13.0. The summed E-state index contributed by atoms with van der Waals surface area (Å²) in [7, 11) is 0. The van der Waals surface area contributed by atoms with Crippen molar-refractivity contribution in [3.63, 3.8) is 0 Å². The molecule has 0 bridgehead atoms. The summed E-state index contributed by atoms with van der Waals surface area (Å²) in [6.07, 6.45) is 4.27. The number of alkyl halides is 1. The molecule has 25 heavy (non-hydrogen) atoms. The van der Waals surface area contributed by atoms with Crippen LogP contribution in [0.25, 0.3) is 22.0 Å². The summed E-state index contributed by atoms with van der Waals surface area (Å²) >= 11 is 0. The van der Waals surface area contributed by atoms with Crippen LogP contribution in [-0.2, 0) is 4.79 Å². The minimum atomic E-state index is -1.04. The normalized spacial score (nSPS) is 19.0. The molecule has 0 saturated heterocycles. The standard InChI is InChI=1S/C18H16FN5O/c1-9-7-21-3-2-11(9)15-4-10-5-16(22-8-13(10)17(20)23-15)24-18(25)12-6-14(12)19/h2-5,7-8,12,14H,6H2,1H3,(H2,20,23)(H,22,24,25)/t12-,14+/m1/s1. The number of hydrogen-bond donors (Lipinski definition) is 2. The minimum absolute atomic E-state index is 0.280. The second kappa shape index (κ2) is 5.77. The van der Waals surface area contributed by atoms with E-state index in [4.69, 9.17) is 5.73 Å². The monoisotopic (exact) mass is 337 g/mol. The lowest BCUT2D eigenvalue weighted by Gasteiger charge is -2.10. The number of anilines is 2. The van der Waals surface area contributed by atoms with Gasteiger partial charge in [-0.1, -0.05) is 0 Å². The lowest BCUT2D eigenvalue weighted by molar-refractivity contribution is -0.117. The first kappa shape index (κ1) is 15.4. The van der Waals surface area contributed by atoms with E-state index in [1.54, 1.807) is 24.7 Å². The van der Waals surface area contributed by atoms with Crippen molar-refractivity contribution in [1.82, 2.24) is 15.0 Å². The molecular formula is C18H16FN5O. The third-order valence-electron chi connectivity index (χ3n) is 4.34. The first-order valence-corrected chi connectivity index (χ1v) is 7.95. The molecule has 1 aliphatic carbocycles. The van der Waals surface area contributed by atoms with Gasteiger partial charge in [-0.3, -0.25) is 9.78 Å². The number of nitrogens with zero attached hydrogens (tertiary/aromatic N) is 3. The molecule has 3 heterocycles. The van der Waals surface area contributed by atoms with Crippen molar-refractivity contribution in [2.24, 2.45) is 5.92 Å². The summed E-state index contributed by atoms with van der Waals surface area (Å²) in [5, 5.41) is 4.16. The van der Waals surface area contributed by atoms with Crippen LogP contribution in [-0.4, -0.2) is 27.0 Å². The zero-order valence-electron chi connectivity index (χ0n) is 13.5. The Balaban J connectivity index is 1.73. The molecule has 0 aromatic carbocycles. The van der Waals surface area contributed by atoms with E-state index in [0.29, 0.717) is 17.0 Å². The third kappa shape index (κ3) is 2.88. The number of aromatic nitrogens is 3. The Labute approximate surface area is 143 Å².